The molecule has 0 aliphatic heterocycles. The summed E-state index contributed by atoms with van der Waals surface area (Å²) in [7, 11) is 1.79. The molecule has 3 aromatic heterocycles. The summed E-state index contributed by atoms with van der Waals surface area (Å²) in [4.78, 5) is 24.4. The summed E-state index contributed by atoms with van der Waals surface area (Å²) in [5.41, 5.74) is 9.63. The molecule has 0 saturated carbocycles. The zero-order valence-corrected chi connectivity index (χ0v) is 17.1. The number of H-pyrrole nitrogens is 1. The van der Waals surface area contributed by atoms with Gasteiger partial charge in [0, 0.05) is 49.0 Å². The Kier molecular flexibility index (Phi) is 5.05. The number of aromatic nitrogens is 5. The fraction of sp³-hybridized carbons (Fsp3) is 0.182. The number of nitrogens with one attached hydrogen (secondary N) is 1. The van der Waals surface area contributed by atoms with Crippen LogP contribution in [-0.2, 0) is 7.05 Å². The average Bonchev–Trinajstić information content (AvgIpc) is 3.47. The number of hydrogen-bond donors (Lipinski definition) is 2. The van der Waals surface area contributed by atoms with Gasteiger partial charge in [-0.3, -0.25) is 9.48 Å². The molecule has 0 spiro atoms. The maximum Gasteiger partial charge on any atom is 0.296 e. The van der Waals surface area contributed by atoms with Crippen molar-refractivity contribution in [3.05, 3.63) is 72.7 Å². The molecule has 3 N–H and O–H groups in total. The molecule has 8 nitrogen and oxygen atoms in total. The monoisotopic (exact) mass is 401 g/mol. The van der Waals surface area contributed by atoms with Gasteiger partial charge in [0.15, 0.2) is 11.7 Å². The number of carbonyl (C=O) groups excluding carboxylic acids is 1. The second kappa shape index (κ2) is 7.82. The molecule has 152 valence electrons. The lowest BCUT2D eigenvalue weighted by Crippen LogP contribution is -2.20. The maximum atomic E-state index is 13.1. The Morgan fingerprint density at radius 2 is 1.93 bits per heavy atom. The van der Waals surface area contributed by atoms with Gasteiger partial charge in [0.05, 0.1) is 5.69 Å². The summed E-state index contributed by atoms with van der Waals surface area (Å²) >= 11 is 0. The third-order valence-corrected chi connectivity index (χ3v) is 4.84. The quantitative estimate of drug-likeness (QED) is 0.395. The molecule has 8 heteroatoms. The van der Waals surface area contributed by atoms with Crippen LogP contribution in [0.4, 0.5) is 0 Å². The first-order valence-corrected chi connectivity index (χ1v) is 9.64. The SMILES string of the molecule is CC(C)n1ccc(-c2c[nH]c(C(=O)N=C(N)c3nccn3C)c2-c2ccccc2)n1. The van der Waals surface area contributed by atoms with Crippen LogP contribution in [0.1, 0.15) is 36.2 Å². The van der Waals surface area contributed by atoms with Crippen molar-refractivity contribution in [1.29, 1.82) is 0 Å². The number of aromatic amines is 1. The minimum Gasteiger partial charge on any atom is -0.380 e. The highest BCUT2D eigenvalue weighted by Crippen LogP contribution is 2.35. The second-order valence-electron chi connectivity index (χ2n) is 7.26. The molecule has 0 aliphatic carbocycles. The Hall–Kier alpha value is -3.94. The Balaban J connectivity index is 1.81. The van der Waals surface area contributed by atoms with E-state index in [0.29, 0.717) is 11.5 Å². The molecular weight excluding hydrogens is 378 g/mol. The van der Waals surface area contributed by atoms with Gasteiger partial charge in [-0.25, -0.2) is 4.98 Å². The molecule has 1 amide bonds. The fourth-order valence-electron chi connectivity index (χ4n) is 3.30. The van der Waals surface area contributed by atoms with E-state index >= 15 is 0 Å². The molecule has 0 aliphatic rings. The first kappa shape index (κ1) is 19.4. The number of amidine groups is 1. The van der Waals surface area contributed by atoms with Crippen molar-refractivity contribution in [1.82, 2.24) is 24.3 Å². The van der Waals surface area contributed by atoms with Crippen molar-refractivity contribution in [3.8, 4) is 22.4 Å². The van der Waals surface area contributed by atoms with Gasteiger partial charge in [-0.1, -0.05) is 30.3 Å². The lowest BCUT2D eigenvalue weighted by Gasteiger charge is -2.07. The van der Waals surface area contributed by atoms with Crippen LogP contribution in [0.3, 0.4) is 0 Å². The molecule has 3 heterocycles. The minimum absolute atomic E-state index is 0.0618. The van der Waals surface area contributed by atoms with Crippen LogP contribution >= 0.6 is 0 Å². The van der Waals surface area contributed by atoms with Gasteiger partial charge in [0.25, 0.3) is 5.91 Å². The third kappa shape index (κ3) is 3.55. The van der Waals surface area contributed by atoms with Crippen molar-refractivity contribution in [2.24, 2.45) is 17.8 Å². The Bertz CT molecular complexity index is 1210. The number of benzene rings is 1. The number of nitrogens with zero attached hydrogens (tertiary/aromatic N) is 5. The Labute approximate surface area is 174 Å². The number of rotatable bonds is 5. The number of amides is 1. The van der Waals surface area contributed by atoms with Crippen LogP contribution in [0.25, 0.3) is 22.4 Å². The van der Waals surface area contributed by atoms with Gasteiger partial charge < -0.3 is 15.3 Å². The second-order valence-corrected chi connectivity index (χ2v) is 7.26. The van der Waals surface area contributed by atoms with E-state index in [1.165, 1.54) is 0 Å². The lowest BCUT2D eigenvalue weighted by molar-refractivity contribution is 0.0999. The largest absolute Gasteiger partial charge is 0.380 e. The van der Waals surface area contributed by atoms with Crippen molar-refractivity contribution < 1.29 is 4.79 Å². The lowest BCUT2D eigenvalue weighted by atomic mass is 9.99. The van der Waals surface area contributed by atoms with Crippen LogP contribution in [0.2, 0.25) is 0 Å². The van der Waals surface area contributed by atoms with E-state index in [2.05, 4.69) is 33.9 Å². The molecule has 0 saturated heterocycles. The first-order valence-electron chi connectivity index (χ1n) is 9.64. The van der Waals surface area contributed by atoms with Gasteiger partial charge in [0.1, 0.15) is 5.69 Å². The number of imidazole rings is 1. The van der Waals surface area contributed by atoms with Crippen LogP contribution in [0.15, 0.2) is 66.2 Å². The van der Waals surface area contributed by atoms with E-state index in [-0.39, 0.29) is 11.9 Å². The molecular formula is C22H23N7O. The normalized spacial score (nSPS) is 11.9. The zero-order chi connectivity index (χ0) is 21.3. The Morgan fingerprint density at radius 3 is 2.57 bits per heavy atom. The standard InChI is InChI=1S/C22H23N7O/c1-14(2)29-11-9-17(27-29)16-13-25-19(18(16)15-7-5-4-6-8-15)22(30)26-20(23)21-24-10-12-28(21)3/h4-14,25H,1-3H3,(H2,23,26,30). The predicted octanol–water partition coefficient (Wildman–Crippen LogP) is 3.41. The predicted molar refractivity (Wildman–Crippen MR) is 116 cm³/mol. The average molecular weight is 401 g/mol. The van der Waals surface area contributed by atoms with Crippen molar-refractivity contribution in [3.63, 3.8) is 0 Å². The number of aliphatic imine (C=N–C) groups is 1. The summed E-state index contributed by atoms with van der Waals surface area (Å²) in [6.07, 6.45) is 7.07. The molecule has 4 rings (SSSR count). The fourth-order valence-corrected chi connectivity index (χ4v) is 3.30. The summed E-state index contributed by atoms with van der Waals surface area (Å²) in [5, 5.41) is 4.66. The van der Waals surface area contributed by atoms with Crippen LogP contribution in [0.5, 0.6) is 0 Å². The molecule has 0 bridgehead atoms. The summed E-state index contributed by atoms with van der Waals surface area (Å²) < 4.78 is 3.60. The van der Waals surface area contributed by atoms with Crippen molar-refractivity contribution in [2.75, 3.05) is 0 Å². The van der Waals surface area contributed by atoms with Crippen molar-refractivity contribution in [2.45, 2.75) is 19.9 Å². The molecule has 0 unspecified atom stereocenters. The Morgan fingerprint density at radius 1 is 1.17 bits per heavy atom. The van der Waals surface area contributed by atoms with Crippen LogP contribution < -0.4 is 5.73 Å². The zero-order valence-electron chi connectivity index (χ0n) is 17.1. The molecule has 4 aromatic rings. The van der Waals surface area contributed by atoms with Gasteiger partial charge in [-0.15, -0.1) is 0 Å². The van der Waals surface area contributed by atoms with Gasteiger partial charge in [0.2, 0.25) is 0 Å². The molecule has 0 fully saturated rings. The highest BCUT2D eigenvalue weighted by molar-refractivity contribution is 6.10. The van der Waals surface area contributed by atoms with Gasteiger partial charge in [-0.2, -0.15) is 10.1 Å². The maximum absolute atomic E-state index is 13.1. The number of nitrogens with two attached hydrogens (primary N) is 1. The highest BCUT2D eigenvalue weighted by Gasteiger charge is 2.22. The molecule has 30 heavy (non-hydrogen) atoms. The van der Waals surface area contributed by atoms with Gasteiger partial charge >= 0.3 is 0 Å². The summed E-state index contributed by atoms with van der Waals surface area (Å²) in [5.74, 6) is 0.0303. The topological polar surface area (TPSA) is 107 Å². The van der Waals surface area contributed by atoms with E-state index in [4.69, 9.17) is 5.73 Å². The van der Waals surface area contributed by atoms with E-state index in [1.54, 1.807) is 30.2 Å². The number of aryl methyl sites for hydroxylation is 1. The van der Waals surface area contributed by atoms with Crippen LogP contribution in [-0.4, -0.2) is 36.1 Å². The van der Waals surface area contributed by atoms with E-state index in [9.17, 15) is 4.79 Å². The highest BCUT2D eigenvalue weighted by atomic mass is 16.1. The smallest absolute Gasteiger partial charge is 0.296 e. The number of carbonyl (C=O) groups is 1. The number of hydrogen-bond acceptors (Lipinski definition) is 3. The van der Waals surface area contributed by atoms with Crippen molar-refractivity contribution >= 4 is 11.7 Å². The third-order valence-electron chi connectivity index (χ3n) is 4.84. The van der Waals surface area contributed by atoms with E-state index in [0.717, 1.165) is 22.4 Å². The molecule has 0 radical (unpaired) electrons. The van der Waals surface area contributed by atoms with Gasteiger partial charge in [-0.05, 0) is 25.5 Å². The van der Waals surface area contributed by atoms with E-state index in [1.807, 2.05) is 47.3 Å². The summed E-state index contributed by atoms with van der Waals surface area (Å²) in [6, 6.07) is 11.9. The minimum atomic E-state index is -0.469. The van der Waals surface area contributed by atoms with Crippen LogP contribution in [0, 0.1) is 0 Å². The van der Waals surface area contributed by atoms with E-state index < -0.39 is 5.91 Å². The molecule has 0 atom stereocenters. The first-order chi connectivity index (χ1) is 14.5. The summed E-state index contributed by atoms with van der Waals surface area (Å²) in [6.45, 7) is 4.13. The molecule has 1 aromatic carbocycles.